The molecule has 0 spiro atoms. The SMILES string of the molecule is NCCCO.O=[N+]([O-])O. The van der Waals surface area contributed by atoms with Crippen LogP contribution in [-0.2, 0) is 0 Å². The van der Waals surface area contributed by atoms with Gasteiger partial charge in [0.05, 0.1) is 0 Å². The van der Waals surface area contributed by atoms with Crippen LogP contribution < -0.4 is 5.73 Å². The van der Waals surface area contributed by atoms with Crippen molar-refractivity contribution < 1.29 is 15.4 Å². The summed E-state index contributed by atoms with van der Waals surface area (Å²) in [6.45, 7) is 0.812. The van der Waals surface area contributed by atoms with Crippen LogP contribution in [0, 0.1) is 10.1 Å². The number of hydrogen-bond acceptors (Lipinski definition) is 4. The van der Waals surface area contributed by atoms with Gasteiger partial charge in [-0.05, 0) is 13.0 Å². The molecule has 9 heavy (non-hydrogen) atoms. The molecule has 6 heteroatoms. The Morgan fingerprint density at radius 2 is 2.00 bits per heavy atom. The van der Waals surface area contributed by atoms with Crippen molar-refractivity contribution in [1.82, 2.24) is 0 Å². The van der Waals surface area contributed by atoms with Crippen molar-refractivity contribution in [2.24, 2.45) is 5.73 Å². The van der Waals surface area contributed by atoms with E-state index in [1.165, 1.54) is 0 Å². The fourth-order valence-electron chi connectivity index (χ4n) is 0.0913. The van der Waals surface area contributed by atoms with Crippen LogP contribution in [-0.4, -0.2) is 28.6 Å². The highest BCUT2D eigenvalue weighted by atomic mass is 16.9. The minimum atomic E-state index is -1.50. The first-order valence-corrected chi connectivity index (χ1v) is 2.29. The molecule has 0 heterocycles. The summed E-state index contributed by atoms with van der Waals surface area (Å²) in [4.78, 5) is 8.36. The normalized spacial score (nSPS) is 7.33. The first kappa shape index (κ1) is 11.0. The van der Waals surface area contributed by atoms with Crippen molar-refractivity contribution in [1.29, 1.82) is 0 Å². The molecule has 0 radical (unpaired) electrons. The molecule has 0 unspecified atom stereocenters. The van der Waals surface area contributed by atoms with E-state index < -0.39 is 5.09 Å². The molecule has 0 bridgehead atoms. The molecular weight excluding hydrogens is 128 g/mol. The lowest BCUT2D eigenvalue weighted by molar-refractivity contribution is -0.742. The Bertz CT molecular complexity index is 60.8. The van der Waals surface area contributed by atoms with Gasteiger partial charge in [0.2, 0.25) is 0 Å². The summed E-state index contributed by atoms with van der Waals surface area (Å²) < 4.78 is 0. The van der Waals surface area contributed by atoms with Crippen LogP contribution in [0.5, 0.6) is 0 Å². The van der Waals surface area contributed by atoms with Crippen molar-refractivity contribution in [2.75, 3.05) is 13.2 Å². The number of nitrogens with zero attached hydrogens (tertiary/aromatic N) is 1. The van der Waals surface area contributed by atoms with E-state index in [0.717, 1.165) is 6.42 Å². The highest BCUT2D eigenvalue weighted by molar-refractivity contribution is 4.28. The van der Waals surface area contributed by atoms with Gasteiger partial charge < -0.3 is 16.0 Å². The van der Waals surface area contributed by atoms with Crippen LogP contribution in [0.3, 0.4) is 0 Å². The van der Waals surface area contributed by atoms with Crippen LogP contribution in [0.25, 0.3) is 0 Å². The van der Waals surface area contributed by atoms with Crippen molar-refractivity contribution in [3.05, 3.63) is 10.1 Å². The highest BCUT2D eigenvalue weighted by Gasteiger charge is 1.69. The fraction of sp³-hybridized carbons (Fsp3) is 1.00. The lowest BCUT2D eigenvalue weighted by Gasteiger charge is -1.80. The third kappa shape index (κ3) is 149. The molecule has 0 aromatic heterocycles. The zero-order valence-corrected chi connectivity index (χ0v) is 4.86. The Labute approximate surface area is 52.0 Å². The van der Waals surface area contributed by atoms with Crippen LogP contribution in [0.1, 0.15) is 6.42 Å². The van der Waals surface area contributed by atoms with E-state index in [9.17, 15) is 0 Å². The minimum absolute atomic E-state index is 0.219. The zero-order valence-electron chi connectivity index (χ0n) is 4.86. The van der Waals surface area contributed by atoms with Crippen LogP contribution >= 0.6 is 0 Å². The predicted octanol–water partition coefficient (Wildman–Crippen LogP) is -1.02. The van der Waals surface area contributed by atoms with E-state index in [2.05, 4.69) is 0 Å². The molecule has 0 aromatic carbocycles. The van der Waals surface area contributed by atoms with Crippen LogP contribution in [0.2, 0.25) is 0 Å². The molecule has 0 saturated carbocycles. The maximum atomic E-state index is 8.36. The van der Waals surface area contributed by atoms with Crippen molar-refractivity contribution >= 4 is 0 Å². The molecule has 0 aromatic rings. The van der Waals surface area contributed by atoms with Crippen LogP contribution in [0.4, 0.5) is 0 Å². The summed E-state index contributed by atoms with van der Waals surface area (Å²) in [6.07, 6.45) is 0.722. The number of rotatable bonds is 2. The second-order valence-corrected chi connectivity index (χ2v) is 1.10. The first-order valence-electron chi connectivity index (χ1n) is 2.29. The van der Waals surface area contributed by atoms with Crippen molar-refractivity contribution in [3.8, 4) is 0 Å². The molecule has 0 aliphatic rings. The van der Waals surface area contributed by atoms with Gasteiger partial charge in [0.1, 0.15) is 0 Å². The summed E-state index contributed by atoms with van der Waals surface area (Å²) in [7, 11) is 0. The Hall–Kier alpha value is -0.880. The Morgan fingerprint density at radius 3 is 2.00 bits per heavy atom. The van der Waals surface area contributed by atoms with Gasteiger partial charge in [-0.15, -0.1) is 10.1 Å². The van der Waals surface area contributed by atoms with Gasteiger partial charge in [0, 0.05) is 6.61 Å². The summed E-state index contributed by atoms with van der Waals surface area (Å²) in [5, 5.41) is 21.6. The summed E-state index contributed by atoms with van der Waals surface area (Å²) >= 11 is 0. The molecular formula is C3H10N2O4. The summed E-state index contributed by atoms with van der Waals surface area (Å²) in [6, 6.07) is 0. The average molecular weight is 138 g/mol. The fourth-order valence-corrected chi connectivity index (χ4v) is 0.0913. The topological polar surface area (TPSA) is 110 Å². The molecule has 0 aliphatic carbocycles. The van der Waals surface area contributed by atoms with E-state index in [-0.39, 0.29) is 6.61 Å². The number of hydrogen-bond donors (Lipinski definition) is 3. The van der Waals surface area contributed by atoms with Gasteiger partial charge >= 0.3 is 0 Å². The number of aliphatic hydroxyl groups excluding tert-OH is 1. The van der Waals surface area contributed by atoms with Gasteiger partial charge in [-0.25, -0.2) is 0 Å². The van der Waals surface area contributed by atoms with Crippen molar-refractivity contribution in [3.63, 3.8) is 0 Å². The minimum Gasteiger partial charge on any atom is -0.396 e. The molecule has 4 N–H and O–H groups in total. The van der Waals surface area contributed by atoms with Crippen LogP contribution in [0.15, 0.2) is 0 Å². The van der Waals surface area contributed by atoms with Gasteiger partial charge in [-0.2, -0.15) is 0 Å². The maximum absolute atomic E-state index is 8.36. The van der Waals surface area contributed by atoms with Gasteiger partial charge in [0.25, 0.3) is 5.09 Å². The largest absolute Gasteiger partial charge is 0.396 e. The lowest BCUT2D eigenvalue weighted by atomic mass is 10.5. The Morgan fingerprint density at radius 1 is 1.67 bits per heavy atom. The molecule has 0 saturated heterocycles. The third-order valence-electron chi connectivity index (χ3n) is 0.362. The summed E-state index contributed by atoms with van der Waals surface area (Å²) in [5.41, 5.74) is 4.98. The predicted molar refractivity (Wildman–Crippen MR) is 29.5 cm³/mol. The third-order valence-corrected chi connectivity index (χ3v) is 0.362. The molecule has 56 valence electrons. The molecule has 0 atom stereocenters. The number of aliphatic hydroxyl groups is 1. The zero-order chi connectivity index (χ0) is 7.70. The standard InChI is InChI=1S/C3H9NO.HNO3/c4-2-1-3-5;2-1(3)4/h5H,1-4H2;(H,2,3,4). The first-order chi connectivity index (χ1) is 4.15. The molecule has 0 fully saturated rings. The van der Waals surface area contributed by atoms with Crippen molar-refractivity contribution in [2.45, 2.75) is 6.42 Å². The second-order valence-electron chi connectivity index (χ2n) is 1.10. The molecule has 0 aliphatic heterocycles. The van der Waals surface area contributed by atoms with Gasteiger partial charge in [0.15, 0.2) is 0 Å². The second kappa shape index (κ2) is 10.2. The van der Waals surface area contributed by atoms with Gasteiger partial charge in [-0.1, -0.05) is 0 Å². The highest BCUT2D eigenvalue weighted by Crippen LogP contribution is 1.62. The van der Waals surface area contributed by atoms with E-state index in [1.54, 1.807) is 0 Å². The molecule has 0 amide bonds. The van der Waals surface area contributed by atoms with E-state index in [4.69, 9.17) is 26.2 Å². The molecule has 6 nitrogen and oxygen atoms in total. The monoisotopic (exact) mass is 138 g/mol. The quantitative estimate of drug-likeness (QED) is 0.334. The van der Waals surface area contributed by atoms with E-state index >= 15 is 0 Å². The number of nitrogens with two attached hydrogens (primary N) is 1. The Balaban J connectivity index is 0. The summed E-state index contributed by atoms with van der Waals surface area (Å²) in [5.74, 6) is 0. The Kier molecular flexibility index (Phi) is 12.4. The lowest BCUT2D eigenvalue weighted by Crippen LogP contribution is -1.99. The maximum Gasteiger partial charge on any atom is 0.291 e. The van der Waals surface area contributed by atoms with Gasteiger partial charge in [-0.3, -0.25) is 0 Å². The van der Waals surface area contributed by atoms with E-state index in [0.29, 0.717) is 6.54 Å². The smallest absolute Gasteiger partial charge is 0.291 e. The van der Waals surface area contributed by atoms with E-state index in [1.807, 2.05) is 0 Å². The molecule has 0 rings (SSSR count). The average Bonchev–Trinajstić information content (AvgIpc) is 1.66.